The van der Waals surface area contributed by atoms with Gasteiger partial charge in [-0.25, -0.2) is 0 Å². The lowest BCUT2D eigenvalue weighted by Crippen LogP contribution is -2.17. The zero-order valence-corrected chi connectivity index (χ0v) is 13.6. The van der Waals surface area contributed by atoms with Crippen molar-refractivity contribution in [2.24, 2.45) is 0 Å². The Morgan fingerprint density at radius 1 is 1.19 bits per heavy atom. The van der Waals surface area contributed by atoms with Crippen molar-refractivity contribution >= 4 is 27.3 Å². The van der Waals surface area contributed by atoms with Gasteiger partial charge in [-0.05, 0) is 30.2 Å². The second kappa shape index (κ2) is 6.72. The van der Waals surface area contributed by atoms with E-state index in [4.69, 9.17) is 0 Å². The first kappa shape index (κ1) is 15.5. The van der Waals surface area contributed by atoms with Gasteiger partial charge in [0.25, 0.3) is 5.69 Å². The molecule has 2 aromatic carbocycles. The van der Waals surface area contributed by atoms with Gasteiger partial charge in [0.15, 0.2) is 0 Å². The topological polar surface area (TPSA) is 46.4 Å². The van der Waals surface area contributed by atoms with E-state index in [1.54, 1.807) is 12.1 Å². The molecule has 0 aliphatic rings. The van der Waals surface area contributed by atoms with E-state index < -0.39 is 0 Å². The lowest BCUT2D eigenvalue weighted by molar-refractivity contribution is -0.385. The third-order valence-electron chi connectivity index (χ3n) is 3.51. The van der Waals surface area contributed by atoms with Gasteiger partial charge < -0.3 is 4.90 Å². The Kier molecular flexibility index (Phi) is 4.96. The maximum absolute atomic E-state index is 11.0. The van der Waals surface area contributed by atoms with Gasteiger partial charge in [-0.3, -0.25) is 10.1 Å². The van der Waals surface area contributed by atoms with Crippen LogP contribution in [0.15, 0.2) is 42.5 Å². The highest BCUT2D eigenvalue weighted by Crippen LogP contribution is 2.27. The number of nitrogens with zero attached hydrogens (tertiary/aromatic N) is 2. The normalized spacial score (nSPS) is 10.4. The minimum atomic E-state index is -0.346. The highest BCUT2D eigenvalue weighted by Gasteiger charge is 2.14. The molecule has 0 heterocycles. The van der Waals surface area contributed by atoms with Gasteiger partial charge in [-0.15, -0.1) is 0 Å². The zero-order chi connectivity index (χ0) is 15.4. The van der Waals surface area contributed by atoms with Crippen LogP contribution >= 0.6 is 15.9 Å². The van der Waals surface area contributed by atoms with Crippen LogP contribution in [0.4, 0.5) is 11.4 Å². The van der Waals surface area contributed by atoms with Gasteiger partial charge in [0.2, 0.25) is 0 Å². The van der Waals surface area contributed by atoms with Crippen LogP contribution in [0, 0.1) is 17.0 Å². The first-order valence-electron chi connectivity index (χ1n) is 6.62. The average molecular weight is 349 g/mol. The van der Waals surface area contributed by atoms with Crippen molar-refractivity contribution in [3.8, 4) is 0 Å². The Bertz CT molecular complexity index is 658. The first-order valence-corrected chi connectivity index (χ1v) is 7.74. The van der Waals surface area contributed by atoms with Crippen molar-refractivity contribution in [1.82, 2.24) is 0 Å². The molecule has 0 aliphatic heterocycles. The molecule has 110 valence electrons. The van der Waals surface area contributed by atoms with E-state index in [1.807, 2.05) is 25.2 Å². The highest BCUT2D eigenvalue weighted by atomic mass is 79.9. The molecule has 2 aromatic rings. The summed E-state index contributed by atoms with van der Waals surface area (Å²) in [5.74, 6) is 0. The summed E-state index contributed by atoms with van der Waals surface area (Å²) in [5, 5.41) is 11.4. The molecule has 0 aromatic heterocycles. The minimum absolute atomic E-state index is 0.153. The first-order chi connectivity index (χ1) is 10.0. The van der Waals surface area contributed by atoms with Gasteiger partial charge >= 0.3 is 0 Å². The van der Waals surface area contributed by atoms with Gasteiger partial charge in [0.1, 0.15) is 0 Å². The lowest BCUT2D eigenvalue weighted by atomic mass is 10.1. The molecule has 5 heteroatoms. The second-order valence-electron chi connectivity index (χ2n) is 4.99. The van der Waals surface area contributed by atoms with Crippen LogP contribution in [0.1, 0.15) is 16.7 Å². The Hall–Kier alpha value is -1.88. The largest absolute Gasteiger partial charge is 0.370 e. The van der Waals surface area contributed by atoms with Gasteiger partial charge in [-0.2, -0.15) is 0 Å². The molecule has 0 saturated heterocycles. The third kappa shape index (κ3) is 3.61. The quantitative estimate of drug-likeness (QED) is 0.456. The van der Waals surface area contributed by atoms with Crippen LogP contribution < -0.4 is 4.90 Å². The zero-order valence-electron chi connectivity index (χ0n) is 12.0. The Morgan fingerprint density at radius 2 is 1.90 bits per heavy atom. The standard InChI is InChI=1S/C16H17BrN2O2/c1-12-5-3-4-6-13(12)11-18(2)15-7-8-16(19(20)21)14(9-15)10-17/h3-9H,10-11H2,1-2H3. The predicted molar refractivity (Wildman–Crippen MR) is 89.0 cm³/mol. The monoisotopic (exact) mass is 348 g/mol. The summed E-state index contributed by atoms with van der Waals surface area (Å²) in [6.45, 7) is 2.86. The van der Waals surface area contributed by atoms with E-state index in [2.05, 4.69) is 39.9 Å². The van der Waals surface area contributed by atoms with Gasteiger partial charge in [0.05, 0.1) is 4.92 Å². The molecule has 0 spiro atoms. The van der Waals surface area contributed by atoms with E-state index in [0.717, 1.165) is 12.2 Å². The summed E-state index contributed by atoms with van der Waals surface area (Å²) in [5.41, 5.74) is 4.30. The summed E-state index contributed by atoms with van der Waals surface area (Å²) >= 11 is 3.32. The van der Waals surface area contributed by atoms with Crippen LogP contribution in [-0.4, -0.2) is 12.0 Å². The van der Waals surface area contributed by atoms with Crippen molar-refractivity contribution in [1.29, 1.82) is 0 Å². The lowest BCUT2D eigenvalue weighted by Gasteiger charge is -2.21. The number of nitro groups is 1. The molecule has 0 aliphatic carbocycles. The SMILES string of the molecule is Cc1ccccc1CN(C)c1ccc([N+](=O)[O-])c(CBr)c1. The molecular formula is C16H17BrN2O2. The van der Waals surface area contributed by atoms with E-state index in [-0.39, 0.29) is 10.6 Å². The van der Waals surface area contributed by atoms with E-state index >= 15 is 0 Å². The highest BCUT2D eigenvalue weighted by molar-refractivity contribution is 9.08. The number of hydrogen-bond acceptors (Lipinski definition) is 3. The van der Waals surface area contributed by atoms with E-state index in [1.165, 1.54) is 11.1 Å². The Balaban J connectivity index is 2.25. The number of nitro benzene ring substituents is 1. The molecule has 0 unspecified atom stereocenters. The molecule has 21 heavy (non-hydrogen) atoms. The molecule has 0 atom stereocenters. The molecule has 2 rings (SSSR count). The van der Waals surface area contributed by atoms with Crippen LogP contribution in [0.25, 0.3) is 0 Å². The van der Waals surface area contributed by atoms with Crippen molar-refractivity contribution in [2.45, 2.75) is 18.8 Å². The van der Waals surface area contributed by atoms with E-state index in [0.29, 0.717) is 10.9 Å². The minimum Gasteiger partial charge on any atom is -0.370 e. The van der Waals surface area contributed by atoms with Gasteiger partial charge in [-0.1, -0.05) is 40.2 Å². The van der Waals surface area contributed by atoms with Crippen LogP contribution in [0.5, 0.6) is 0 Å². The fourth-order valence-corrected chi connectivity index (χ4v) is 2.68. The molecule has 0 amide bonds. The molecular weight excluding hydrogens is 332 g/mol. The van der Waals surface area contributed by atoms with Crippen molar-refractivity contribution in [3.05, 3.63) is 69.3 Å². The smallest absolute Gasteiger partial charge is 0.273 e. The van der Waals surface area contributed by atoms with Crippen molar-refractivity contribution < 1.29 is 4.92 Å². The van der Waals surface area contributed by atoms with Crippen molar-refractivity contribution in [2.75, 3.05) is 11.9 Å². The summed E-state index contributed by atoms with van der Waals surface area (Å²) in [4.78, 5) is 12.7. The predicted octanol–water partition coefficient (Wildman–Crippen LogP) is 4.43. The maximum Gasteiger partial charge on any atom is 0.273 e. The fourth-order valence-electron chi connectivity index (χ4n) is 2.23. The summed E-state index contributed by atoms with van der Waals surface area (Å²) < 4.78 is 0. The molecule has 0 N–H and O–H groups in total. The molecule has 0 radical (unpaired) electrons. The number of benzene rings is 2. The number of alkyl halides is 1. The fraction of sp³-hybridized carbons (Fsp3) is 0.250. The molecule has 0 bridgehead atoms. The molecule has 0 saturated carbocycles. The van der Waals surface area contributed by atoms with Crippen LogP contribution in [0.3, 0.4) is 0 Å². The van der Waals surface area contributed by atoms with Gasteiger partial charge in [0, 0.05) is 36.2 Å². The van der Waals surface area contributed by atoms with Crippen LogP contribution in [0.2, 0.25) is 0 Å². The molecule has 0 fully saturated rings. The van der Waals surface area contributed by atoms with Crippen LogP contribution in [-0.2, 0) is 11.9 Å². The molecule has 4 nitrogen and oxygen atoms in total. The number of halogens is 1. The maximum atomic E-state index is 11.0. The number of hydrogen-bond donors (Lipinski definition) is 0. The second-order valence-corrected chi connectivity index (χ2v) is 5.55. The summed E-state index contributed by atoms with van der Waals surface area (Å²) in [6, 6.07) is 13.5. The summed E-state index contributed by atoms with van der Waals surface area (Å²) in [6.07, 6.45) is 0. The average Bonchev–Trinajstić information content (AvgIpc) is 2.48. The Morgan fingerprint density at radius 3 is 2.52 bits per heavy atom. The number of rotatable bonds is 5. The Labute approximate surface area is 132 Å². The van der Waals surface area contributed by atoms with Crippen molar-refractivity contribution in [3.63, 3.8) is 0 Å². The third-order valence-corrected chi connectivity index (χ3v) is 4.12. The summed E-state index contributed by atoms with van der Waals surface area (Å²) in [7, 11) is 1.99. The number of anilines is 1. The van der Waals surface area contributed by atoms with E-state index in [9.17, 15) is 10.1 Å². The number of aryl methyl sites for hydroxylation is 1.